The standard InChI is InChI=1S/C20H28N2O3S/c1-21(13-17-9-12-26(24,25)15-17)19(23)20-10-7-18(8-11-20)22(20)14-16-5-3-2-4-6-16/h2-6,17-18H,7-15H2,1H3. The average molecular weight is 377 g/mol. The molecular formula is C20H28N2O3S. The van der Waals surface area contributed by atoms with Gasteiger partial charge >= 0.3 is 0 Å². The molecule has 4 rings (SSSR count). The van der Waals surface area contributed by atoms with E-state index in [9.17, 15) is 13.2 Å². The van der Waals surface area contributed by atoms with Crippen molar-refractivity contribution in [1.82, 2.24) is 9.80 Å². The van der Waals surface area contributed by atoms with Crippen LogP contribution in [0.3, 0.4) is 0 Å². The van der Waals surface area contributed by atoms with Crippen LogP contribution < -0.4 is 0 Å². The third-order valence-corrected chi connectivity index (χ3v) is 8.41. The number of carbonyl (C=O) groups excluding carboxylic acids is 1. The minimum absolute atomic E-state index is 0.0894. The molecule has 1 aromatic rings. The Kier molecular flexibility index (Phi) is 4.59. The molecule has 3 aliphatic rings. The van der Waals surface area contributed by atoms with E-state index < -0.39 is 9.84 Å². The topological polar surface area (TPSA) is 57.7 Å². The molecule has 5 nitrogen and oxygen atoms in total. The predicted molar refractivity (Wildman–Crippen MR) is 101 cm³/mol. The Morgan fingerprint density at radius 2 is 1.88 bits per heavy atom. The van der Waals surface area contributed by atoms with Gasteiger partial charge in [-0.05, 0) is 43.6 Å². The average Bonchev–Trinajstić information content (AvgIpc) is 3.27. The molecule has 1 unspecified atom stereocenters. The van der Waals surface area contributed by atoms with Crippen molar-refractivity contribution in [2.45, 2.75) is 50.2 Å². The van der Waals surface area contributed by atoms with Crippen LogP contribution in [0.2, 0.25) is 0 Å². The van der Waals surface area contributed by atoms with Crippen molar-refractivity contribution in [1.29, 1.82) is 0 Å². The molecule has 3 heterocycles. The molecule has 142 valence electrons. The summed E-state index contributed by atoms with van der Waals surface area (Å²) in [6, 6.07) is 10.9. The lowest BCUT2D eigenvalue weighted by atomic mass is 9.86. The third kappa shape index (κ3) is 3.18. The molecule has 0 saturated carbocycles. The highest BCUT2D eigenvalue weighted by Crippen LogP contribution is 2.48. The Balaban J connectivity index is 1.48. The normalized spacial score (nSPS) is 32.8. The molecule has 6 heteroatoms. The Morgan fingerprint density at radius 3 is 2.50 bits per heavy atom. The van der Waals surface area contributed by atoms with E-state index in [1.807, 2.05) is 18.0 Å². The molecule has 3 saturated heterocycles. The SMILES string of the molecule is CN(CC1CCS(=O)(=O)C1)C(=O)C12CCC(CC1)N2Cc1ccccc1. The summed E-state index contributed by atoms with van der Waals surface area (Å²) in [6.07, 6.45) is 4.71. The van der Waals surface area contributed by atoms with E-state index in [0.717, 1.165) is 32.2 Å². The van der Waals surface area contributed by atoms with E-state index in [-0.39, 0.29) is 28.9 Å². The maximum absolute atomic E-state index is 13.4. The van der Waals surface area contributed by atoms with Gasteiger partial charge < -0.3 is 4.90 Å². The monoisotopic (exact) mass is 376 g/mol. The van der Waals surface area contributed by atoms with Crippen LogP contribution in [-0.2, 0) is 21.2 Å². The second kappa shape index (κ2) is 6.64. The van der Waals surface area contributed by atoms with E-state index in [2.05, 4.69) is 29.2 Å². The highest BCUT2D eigenvalue weighted by atomic mass is 32.2. The first-order valence-electron chi connectivity index (χ1n) is 9.66. The molecule has 0 N–H and O–H groups in total. The highest BCUT2D eigenvalue weighted by molar-refractivity contribution is 7.91. The lowest BCUT2D eigenvalue weighted by Gasteiger charge is -2.37. The van der Waals surface area contributed by atoms with Crippen molar-refractivity contribution >= 4 is 15.7 Å². The summed E-state index contributed by atoms with van der Waals surface area (Å²) in [5, 5.41) is 0. The van der Waals surface area contributed by atoms with Gasteiger partial charge in [-0.2, -0.15) is 0 Å². The molecule has 0 aliphatic carbocycles. The van der Waals surface area contributed by atoms with Gasteiger partial charge in [0.15, 0.2) is 9.84 Å². The number of hydrogen-bond donors (Lipinski definition) is 0. The van der Waals surface area contributed by atoms with Crippen molar-refractivity contribution in [3.05, 3.63) is 35.9 Å². The van der Waals surface area contributed by atoms with E-state index in [4.69, 9.17) is 0 Å². The number of fused-ring (bicyclic) bond motifs is 2. The summed E-state index contributed by atoms with van der Waals surface area (Å²) in [4.78, 5) is 17.6. The Hall–Kier alpha value is -1.40. The van der Waals surface area contributed by atoms with Crippen molar-refractivity contribution in [2.75, 3.05) is 25.1 Å². The third-order valence-electron chi connectivity index (χ3n) is 6.57. The first-order chi connectivity index (χ1) is 12.4. The Morgan fingerprint density at radius 1 is 1.19 bits per heavy atom. The number of rotatable bonds is 5. The fraction of sp³-hybridized carbons (Fsp3) is 0.650. The summed E-state index contributed by atoms with van der Waals surface area (Å²) >= 11 is 0. The predicted octanol–water partition coefficient (Wildman–Crippen LogP) is 2.08. The molecule has 3 fully saturated rings. The van der Waals surface area contributed by atoms with E-state index in [1.165, 1.54) is 5.56 Å². The number of likely N-dealkylation sites (N-methyl/N-ethyl adjacent to an activating group) is 1. The molecule has 1 amide bonds. The molecule has 0 aromatic heterocycles. The van der Waals surface area contributed by atoms with E-state index in [0.29, 0.717) is 19.0 Å². The first kappa shape index (κ1) is 18.0. The van der Waals surface area contributed by atoms with Gasteiger partial charge in [-0.15, -0.1) is 0 Å². The first-order valence-corrected chi connectivity index (χ1v) is 11.5. The van der Waals surface area contributed by atoms with Crippen LogP contribution >= 0.6 is 0 Å². The lowest BCUT2D eigenvalue weighted by Crippen LogP contribution is -2.54. The van der Waals surface area contributed by atoms with Crippen LogP contribution in [0.4, 0.5) is 0 Å². The second-order valence-electron chi connectivity index (χ2n) is 8.33. The molecule has 2 bridgehead atoms. The summed E-state index contributed by atoms with van der Waals surface area (Å²) in [6.45, 7) is 1.38. The minimum atomic E-state index is -2.90. The number of hydrogen-bond acceptors (Lipinski definition) is 4. The fourth-order valence-corrected chi connectivity index (χ4v) is 7.12. The van der Waals surface area contributed by atoms with Gasteiger partial charge in [0.2, 0.25) is 5.91 Å². The second-order valence-corrected chi connectivity index (χ2v) is 10.6. The highest BCUT2D eigenvalue weighted by Gasteiger charge is 2.56. The van der Waals surface area contributed by atoms with Crippen molar-refractivity contribution < 1.29 is 13.2 Å². The van der Waals surface area contributed by atoms with Gasteiger partial charge in [0.25, 0.3) is 0 Å². The maximum Gasteiger partial charge on any atom is 0.242 e. The molecule has 26 heavy (non-hydrogen) atoms. The van der Waals surface area contributed by atoms with E-state index in [1.54, 1.807) is 0 Å². The number of benzene rings is 1. The van der Waals surface area contributed by atoms with E-state index >= 15 is 0 Å². The zero-order valence-corrected chi connectivity index (χ0v) is 16.2. The van der Waals surface area contributed by atoms with Crippen LogP contribution in [0, 0.1) is 5.92 Å². The number of nitrogens with zero attached hydrogens (tertiary/aromatic N) is 2. The Bertz CT molecular complexity index is 770. The fourth-order valence-electron chi connectivity index (χ4n) is 5.27. The molecule has 1 atom stereocenters. The van der Waals surface area contributed by atoms with Crippen molar-refractivity contribution in [2.24, 2.45) is 5.92 Å². The largest absolute Gasteiger partial charge is 0.344 e. The molecule has 0 radical (unpaired) electrons. The summed E-state index contributed by atoms with van der Waals surface area (Å²) in [5.41, 5.74) is 0.871. The summed E-state index contributed by atoms with van der Waals surface area (Å²) in [5.74, 6) is 0.783. The Labute approximate surface area is 156 Å². The number of amides is 1. The van der Waals surface area contributed by atoms with Gasteiger partial charge in [0, 0.05) is 26.2 Å². The van der Waals surface area contributed by atoms with Crippen LogP contribution in [0.1, 0.15) is 37.7 Å². The quantitative estimate of drug-likeness (QED) is 0.789. The van der Waals surface area contributed by atoms with Gasteiger partial charge in [0.1, 0.15) is 5.54 Å². The summed E-state index contributed by atoms with van der Waals surface area (Å²) < 4.78 is 23.4. The molecular weight excluding hydrogens is 348 g/mol. The zero-order chi connectivity index (χ0) is 18.4. The smallest absolute Gasteiger partial charge is 0.242 e. The zero-order valence-electron chi connectivity index (χ0n) is 15.4. The number of carbonyl (C=O) groups is 1. The van der Waals surface area contributed by atoms with Crippen LogP contribution in [-0.4, -0.2) is 60.8 Å². The molecule has 3 aliphatic heterocycles. The van der Waals surface area contributed by atoms with Crippen LogP contribution in [0.5, 0.6) is 0 Å². The van der Waals surface area contributed by atoms with Crippen LogP contribution in [0.15, 0.2) is 30.3 Å². The van der Waals surface area contributed by atoms with Gasteiger partial charge in [-0.3, -0.25) is 9.69 Å². The van der Waals surface area contributed by atoms with Crippen molar-refractivity contribution in [3.8, 4) is 0 Å². The maximum atomic E-state index is 13.4. The van der Waals surface area contributed by atoms with Gasteiger partial charge in [-0.25, -0.2) is 8.42 Å². The lowest BCUT2D eigenvalue weighted by molar-refractivity contribution is -0.141. The van der Waals surface area contributed by atoms with Crippen molar-refractivity contribution in [3.63, 3.8) is 0 Å². The van der Waals surface area contributed by atoms with Crippen LogP contribution in [0.25, 0.3) is 0 Å². The van der Waals surface area contributed by atoms with Gasteiger partial charge in [0.05, 0.1) is 11.5 Å². The number of sulfone groups is 1. The molecule has 0 spiro atoms. The van der Waals surface area contributed by atoms with Gasteiger partial charge in [-0.1, -0.05) is 30.3 Å². The summed E-state index contributed by atoms with van der Waals surface area (Å²) in [7, 11) is -1.04. The minimum Gasteiger partial charge on any atom is -0.344 e. The molecule has 1 aromatic carbocycles.